The van der Waals surface area contributed by atoms with Crippen molar-refractivity contribution in [3.63, 3.8) is 0 Å². The molecule has 1 unspecified atom stereocenters. The fourth-order valence-electron chi connectivity index (χ4n) is 0.273. The zero-order valence-corrected chi connectivity index (χ0v) is 2.94. The SMILES string of the molecule is C.OC1CCN1. The van der Waals surface area contributed by atoms with E-state index in [2.05, 4.69) is 5.32 Å². The van der Waals surface area contributed by atoms with Crippen LogP contribution in [0.15, 0.2) is 0 Å². The first-order valence-corrected chi connectivity index (χ1v) is 1.81. The van der Waals surface area contributed by atoms with Gasteiger partial charge in [-0.2, -0.15) is 0 Å². The highest BCUT2D eigenvalue weighted by Crippen LogP contribution is 1.93. The van der Waals surface area contributed by atoms with Crippen molar-refractivity contribution in [2.24, 2.45) is 0 Å². The van der Waals surface area contributed by atoms with Gasteiger partial charge in [0.2, 0.25) is 0 Å². The van der Waals surface area contributed by atoms with Crippen LogP contribution in [0.4, 0.5) is 0 Å². The van der Waals surface area contributed by atoms with Crippen molar-refractivity contribution in [3.8, 4) is 0 Å². The molecule has 2 nitrogen and oxygen atoms in total. The summed E-state index contributed by atoms with van der Waals surface area (Å²) in [6, 6.07) is 0. The Morgan fingerprint density at radius 1 is 1.67 bits per heavy atom. The second kappa shape index (κ2) is 2.16. The molecule has 1 aliphatic rings. The maximum absolute atomic E-state index is 8.34. The number of hydrogen-bond donors (Lipinski definition) is 2. The lowest BCUT2D eigenvalue weighted by atomic mass is 10.3. The molecule has 2 N–H and O–H groups in total. The van der Waals surface area contributed by atoms with Crippen LogP contribution >= 0.6 is 0 Å². The third-order valence-corrected chi connectivity index (χ3v) is 0.798. The Hall–Kier alpha value is -0.0800. The molecule has 0 spiro atoms. The number of aliphatic hydroxyl groups is 1. The van der Waals surface area contributed by atoms with E-state index >= 15 is 0 Å². The van der Waals surface area contributed by atoms with Gasteiger partial charge in [0.1, 0.15) is 6.23 Å². The summed E-state index contributed by atoms with van der Waals surface area (Å²) >= 11 is 0. The fraction of sp³-hybridized carbons (Fsp3) is 1.00. The highest BCUT2D eigenvalue weighted by atomic mass is 16.3. The quantitative estimate of drug-likeness (QED) is 0.435. The molecule has 1 atom stereocenters. The molecule has 0 aromatic rings. The monoisotopic (exact) mass is 89.1 g/mol. The molecule has 0 bridgehead atoms. The Morgan fingerprint density at radius 2 is 2.00 bits per heavy atom. The second-order valence-corrected chi connectivity index (χ2v) is 1.26. The Bertz CT molecular complexity index is 34.5. The smallest absolute Gasteiger partial charge is 0.106 e. The van der Waals surface area contributed by atoms with Gasteiger partial charge >= 0.3 is 0 Å². The summed E-state index contributed by atoms with van der Waals surface area (Å²) in [7, 11) is 0. The number of nitrogens with one attached hydrogen (secondary N) is 1. The first kappa shape index (κ1) is 5.92. The molecule has 38 valence electrons. The van der Waals surface area contributed by atoms with Crippen LogP contribution in [0.3, 0.4) is 0 Å². The molecule has 0 radical (unpaired) electrons. The maximum atomic E-state index is 8.34. The Balaban J connectivity index is 0.000000250. The first-order chi connectivity index (χ1) is 2.39. The molecule has 6 heavy (non-hydrogen) atoms. The fourth-order valence-corrected chi connectivity index (χ4v) is 0.273. The second-order valence-electron chi connectivity index (χ2n) is 1.26. The van der Waals surface area contributed by atoms with Crippen molar-refractivity contribution in [1.82, 2.24) is 5.32 Å². The van der Waals surface area contributed by atoms with Gasteiger partial charge in [-0.3, -0.25) is 5.32 Å². The van der Waals surface area contributed by atoms with Crippen LogP contribution in [-0.2, 0) is 0 Å². The number of hydrogen-bond acceptors (Lipinski definition) is 2. The highest BCUT2D eigenvalue weighted by Gasteiger charge is 2.09. The van der Waals surface area contributed by atoms with E-state index in [9.17, 15) is 0 Å². The van der Waals surface area contributed by atoms with E-state index in [0.717, 1.165) is 13.0 Å². The average molecular weight is 89.1 g/mol. The summed E-state index contributed by atoms with van der Waals surface area (Å²) in [6.45, 7) is 0.987. The van der Waals surface area contributed by atoms with Crippen molar-refractivity contribution in [3.05, 3.63) is 0 Å². The predicted octanol–water partition coefficient (Wildman–Crippen LogP) is -0.0658. The van der Waals surface area contributed by atoms with E-state index in [1.807, 2.05) is 0 Å². The van der Waals surface area contributed by atoms with Crippen LogP contribution in [0.1, 0.15) is 13.8 Å². The van der Waals surface area contributed by atoms with Crippen LogP contribution < -0.4 is 5.32 Å². The topological polar surface area (TPSA) is 32.3 Å². The molecule has 1 saturated heterocycles. The minimum Gasteiger partial charge on any atom is -0.379 e. The molecule has 1 heterocycles. The molecular weight excluding hydrogens is 78.0 g/mol. The minimum absolute atomic E-state index is 0. The third-order valence-electron chi connectivity index (χ3n) is 0.798. The van der Waals surface area contributed by atoms with E-state index in [-0.39, 0.29) is 13.7 Å². The van der Waals surface area contributed by atoms with Crippen LogP contribution in [0.25, 0.3) is 0 Å². The van der Waals surface area contributed by atoms with Crippen molar-refractivity contribution in [2.75, 3.05) is 6.54 Å². The van der Waals surface area contributed by atoms with Gasteiger partial charge in [0.15, 0.2) is 0 Å². The van der Waals surface area contributed by atoms with Crippen LogP contribution in [0.2, 0.25) is 0 Å². The van der Waals surface area contributed by atoms with Crippen LogP contribution in [0, 0.1) is 0 Å². The largest absolute Gasteiger partial charge is 0.379 e. The lowest BCUT2D eigenvalue weighted by Crippen LogP contribution is -2.42. The van der Waals surface area contributed by atoms with E-state index in [1.54, 1.807) is 0 Å². The van der Waals surface area contributed by atoms with Gasteiger partial charge in [-0.25, -0.2) is 0 Å². The molecule has 1 fully saturated rings. The summed E-state index contributed by atoms with van der Waals surface area (Å²) < 4.78 is 0. The molecule has 1 rings (SSSR count). The van der Waals surface area contributed by atoms with Crippen molar-refractivity contribution in [1.29, 1.82) is 0 Å². The molecular formula is C4H11NO. The molecule has 1 aliphatic heterocycles. The predicted molar refractivity (Wildman–Crippen MR) is 25.4 cm³/mol. The van der Waals surface area contributed by atoms with Crippen LogP contribution in [-0.4, -0.2) is 17.9 Å². The average Bonchev–Trinajstić information content (AvgIpc) is 1.30. The Morgan fingerprint density at radius 3 is 2.00 bits per heavy atom. The number of rotatable bonds is 0. The summed E-state index contributed by atoms with van der Waals surface area (Å²) in [6.07, 6.45) is 0.745. The van der Waals surface area contributed by atoms with Gasteiger partial charge in [-0.1, -0.05) is 7.43 Å². The molecule has 0 saturated carbocycles. The lowest BCUT2D eigenvalue weighted by Gasteiger charge is -2.20. The molecule has 2 heteroatoms. The van der Waals surface area contributed by atoms with Gasteiger partial charge in [0.25, 0.3) is 0 Å². The van der Waals surface area contributed by atoms with Gasteiger partial charge in [-0.15, -0.1) is 0 Å². The minimum atomic E-state index is -0.185. The van der Waals surface area contributed by atoms with Gasteiger partial charge < -0.3 is 5.11 Å². The zero-order chi connectivity index (χ0) is 3.70. The molecule has 0 amide bonds. The first-order valence-electron chi connectivity index (χ1n) is 1.81. The molecule has 0 aromatic carbocycles. The Labute approximate surface area is 38.2 Å². The third kappa shape index (κ3) is 0.954. The van der Waals surface area contributed by atoms with E-state index in [4.69, 9.17) is 5.11 Å². The standard InChI is InChI=1S/C3H7NO.CH4/c5-3-1-2-4-3;/h3-5H,1-2H2;1H4. The van der Waals surface area contributed by atoms with Crippen molar-refractivity contribution in [2.45, 2.75) is 20.1 Å². The van der Waals surface area contributed by atoms with Gasteiger partial charge in [-0.05, 0) is 6.42 Å². The molecule has 0 aromatic heterocycles. The summed E-state index contributed by atoms with van der Waals surface area (Å²) in [4.78, 5) is 0. The van der Waals surface area contributed by atoms with E-state index in [1.165, 1.54) is 0 Å². The Kier molecular flexibility index (Phi) is 2.13. The van der Waals surface area contributed by atoms with E-state index in [0.29, 0.717) is 0 Å². The van der Waals surface area contributed by atoms with Crippen molar-refractivity contribution < 1.29 is 5.11 Å². The number of aliphatic hydroxyl groups excluding tert-OH is 1. The molecule has 0 aliphatic carbocycles. The lowest BCUT2D eigenvalue weighted by molar-refractivity contribution is 0.0737. The highest BCUT2D eigenvalue weighted by molar-refractivity contribution is 4.63. The van der Waals surface area contributed by atoms with Crippen molar-refractivity contribution >= 4 is 0 Å². The van der Waals surface area contributed by atoms with Crippen LogP contribution in [0.5, 0.6) is 0 Å². The van der Waals surface area contributed by atoms with Gasteiger partial charge in [0.05, 0.1) is 0 Å². The maximum Gasteiger partial charge on any atom is 0.106 e. The van der Waals surface area contributed by atoms with Gasteiger partial charge in [0, 0.05) is 6.54 Å². The summed E-state index contributed by atoms with van der Waals surface area (Å²) in [5, 5.41) is 11.1. The van der Waals surface area contributed by atoms with E-state index < -0.39 is 0 Å². The summed E-state index contributed by atoms with van der Waals surface area (Å²) in [5.74, 6) is 0. The zero-order valence-electron chi connectivity index (χ0n) is 2.94. The summed E-state index contributed by atoms with van der Waals surface area (Å²) in [5.41, 5.74) is 0. The normalized spacial score (nSPS) is 30.5.